The Bertz CT molecular complexity index is 1210. The second-order valence-corrected chi connectivity index (χ2v) is 7.05. The highest BCUT2D eigenvalue weighted by molar-refractivity contribution is 6.36. The number of carbonyl (C=O) groups is 2. The maximum absolute atomic E-state index is 13.0. The summed E-state index contributed by atoms with van der Waals surface area (Å²) in [7, 11) is 0. The van der Waals surface area contributed by atoms with Crippen molar-refractivity contribution in [3.63, 3.8) is 0 Å². The number of carbonyl (C=O) groups excluding carboxylic acids is 2. The molecule has 0 heterocycles. The Morgan fingerprint density at radius 1 is 0.806 bits per heavy atom. The summed E-state index contributed by atoms with van der Waals surface area (Å²) in [4.78, 5) is 46.1. The predicted molar refractivity (Wildman–Crippen MR) is 114 cm³/mol. The molecule has 0 aliphatic heterocycles. The van der Waals surface area contributed by atoms with E-state index in [9.17, 15) is 29.8 Å². The summed E-state index contributed by atoms with van der Waals surface area (Å²) >= 11 is 12.1. The fourth-order valence-corrected chi connectivity index (χ4v) is 3.13. The highest BCUT2D eigenvalue weighted by Gasteiger charge is 2.22. The number of nitro benzene ring substituents is 2. The van der Waals surface area contributed by atoms with Gasteiger partial charge in [-0.1, -0.05) is 35.3 Å². The van der Waals surface area contributed by atoms with E-state index in [1.807, 2.05) is 0 Å². The molecule has 0 aromatic heterocycles. The molecule has 31 heavy (non-hydrogen) atoms. The van der Waals surface area contributed by atoms with Gasteiger partial charge in [0.15, 0.2) is 5.78 Å². The van der Waals surface area contributed by atoms with Gasteiger partial charge in [0, 0.05) is 28.3 Å². The Balaban J connectivity index is 2.01. The van der Waals surface area contributed by atoms with E-state index in [1.165, 1.54) is 30.3 Å². The third-order valence-electron chi connectivity index (χ3n) is 4.18. The zero-order valence-electron chi connectivity index (χ0n) is 15.4. The summed E-state index contributed by atoms with van der Waals surface area (Å²) in [5.74, 6) is -1.41. The van der Waals surface area contributed by atoms with Crippen LogP contribution in [0.5, 0.6) is 0 Å². The minimum atomic E-state index is -0.887. The Morgan fingerprint density at radius 3 is 2.00 bits per heavy atom. The number of nitrogens with one attached hydrogen (secondary N) is 1. The highest BCUT2D eigenvalue weighted by atomic mass is 35.5. The molecule has 0 radical (unpaired) electrons. The summed E-state index contributed by atoms with van der Waals surface area (Å²) in [6.45, 7) is 0. The van der Waals surface area contributed by atoms with Crippen LogP contribution in [0.1, 0.15) is 26.3 Å². The first-order valence-electron chi connectivity index (χ1n) is 8.51. The Morgan fingerprint density at radius 2 is 1.42 bits per heavy atom. The number of hydrogen-bond acceptors (Lipinski definition) is 6. The average molecular weight is 460 g/mol. The van der Waals surface area contributed by atoms with Crippen LogP contribution in [0, 0.1) is 20.2 Å². The number of benzene rings is 3. The molecule has 3 aromatic rings. The van der Waals surface area contributed by atoms with Crippen molar-refractivity contribution in [2.24, 2.45) is 0 Å². The van der Waals surface area contributed by atoms with Crippen LogP contribution in [0.15, 0.2) is 60.7 Å². The number of non-ortho nitro benzene ring substituents is 2. The maximum Gasteiger partial charge on any atom is 0.277 e. The molecule has 0 saturated heterocycles. The molecule has 0 fully saturated rings. The molecule has 0 spiro atoms. The highest BCUT2D eigenvalue weighted by Crippen LogP contribution is 2.28. The molecule has 0 atom stereocenters. The van der Waals surface area contributed by atoms with Crippen LogP contribution in [-0.2, 0) is 0 Å². The van der Waals surface area contributed by atoms with E-state index in [2.05, 4.69) is 5.32 Å². The lowest BCUT2D eigenvalue weighted by molar-refractivity contribution is -0.394. The van der Waals surface area contributed by atoms with Crippen molar-refractivity contribution < 1.29 is 19.4 Å². The van der Waals surface area contributed by atoms with Gasteiger partial charge in [0.1, 0.15) is 0 Å². The number of nitro groups is 2. The third-order valence-corrected chi connectivity index (χ3v) is 4.74. The molecule has 11 heteroatoms. The van der Waals surface area contributed by atoms with E-state index in [4.69, 9.17) is 23.2 Å². The largest absolute Gasteiger partial charge is 0.321 e. The lowest BCUT2D eigenvalue weighted by Crippen LogP contribution is -2.16. The number of anilines is 1. The molecule has 3 rings (SSSR count). The maximum atomic E-state index is 13.0. The van der Waals surface area contributed by atoms with Gasteiger partial charge in [-0.2, -0.15) is 0 Å². The molecular weight excluding hydrogens is 449 g/mol. The van der Waals surface area contributed by atoms with Crippen molar-refractivity contribution in [2.75, 3.05) is 5.32 Å². The summed E-state index contributed by atoms with van der Waals surface area (Å²) in [5, 5.41) is 25.0. The molecule has 156 valence electrons. The number of nitrogens with zero attached hydrogens (tertiary/aromatic N) is 2. The third kappa shape index (κ3) is 4.85. The Kier molecular flexibility index (Phi) is 6.28. The van der Waals surface area contributed by atoms with E-state index in [0.29, 0.717) is 0 Å². The number of hydrogen-bond donors (Lipinski definition) is 1. The summed E-state index contributed by atoms with van der Waals surface area (Å²) in [6.07, 6.45) is 0. The second-order valence-electron chi connectivity index (χ2n) is 6.21. The van der Waals surface area contributed by atoms with Crippen molar-refractivity contribution in [2.45, 2.75) is 0 Å². The second kappa shape index (κ2) is 8.90. The van der Waals surface area contributed by atoms with Crippen LogP contribution in [0.25, 0.3) is 0 Å². The number of halogens is 2. The van der Waals surface area contributed by atoms with E-state index < -0.39 is 32.9 Å². The van der Waals surface area contributed by atoms with Crippen LogP contribution in [0.2, 0.25) is 10.0 Å². The Labute approximate surface area is 184 Å². The van der Waals surface area contributed by atoms with E-state index in [0.717, 1.165) is 18.2 Å². The van der Waals surface area contributed by atoms with Gasteiger partial charge in [-0.05, 0) is 30.3 Å². The fourth-order valence-electron chi connectivity index (χ4n) is 2.74. The lowest BCUT2D eigenvalue weighted by atomic mass is 10.0. The Hall–Kier alpha value is -3.82. The SMILES string of the molecule is O=C(Nc1ccc(Cl)cc1C(=O)c1ccccc1Cl)c1cc([N+](=O)[O-])cc([N+](=O)[O-])c1. The minimum Gasteiger partial charge on any atom is -0.321 e. The minimum absolute atomic E-state index is 0.0221. The first kappa shape index (κ1) is 21.9. The van der Waals surface area contributed by atoms with Gasteiger partial charge in [0.05, 0.1) is 32.2 Å². The van der Waals surface area contributed by atoms with Crippen LogP contribution >= 0.6 is 23.2 Å². The zero-order valence-corrected chi connectivity index (χ0v) is 16.9. The quantitative estimate of drug-likeness (QED) is 0.302. The molecule has 0 saturated carbocycles. The normalized spacial score (nSPS) is 10.4. The van der Waals surface area contributed by atoms with Gasteiger partial charge >= 0.3 is 0 Å². The predicted octanol–water partition coefficient (Wildman–Crippen LogP) is 5.29. The van der Waals surface area contributed by atoms with Crippen molar-refractivity contribution in [3.05, 3.63) is 108 Å². The topological polar surface area (TPSA) is 132 Å². The van der Waals surface area contributed by atoms with Crippen molar-refractivity contribution in [1.82, 2.24) is 0 Å². The molecule has 0 aliphatic rings. The van der Waals surface area contributed by atoms with Crippen molar-refractivity contribution >= 4 is 52.0 Å². The van der Waals surface area contributed by atoms with E-state index >= 15 is 0 Å². The standard InChI is InChI=1S/C20H11Cl2N3O6/c21-12-5-6-18(16(9-12)19(26)15-3-1-2-4-17(15)22)23-20(27)11-7-13(24(28)29)10-14(8-11)25(30)31/h1-10H,(H,23,27). The lowest BCUT2D eigenvalue weighted by Gasteiger charge is -2.12. The number of ketones is 1. The van der Waals surface area contributed by atoms with Gasteiger partial charge in [-0.3, -0.25) is 29.8 Å². The van der Waals surface area contributed by atoms with Crippen LogP contribution in [-0.4, -0.2) is 21.5 Å². The number of amides is 1. The van der Waals surface area contributed by atoms with Gasteiger partial charge in [0.2, 0.25) is 0 Å². The molecular formula is C20H11Cl2N3O6. The van der Waals surface area contributed by atoms with E-state index in [1.54, 1.807) is 12.1 Å². The molecule has 1 amide bonds. The zero-order chi connectivity index (χ0) is 22.7. The van der Waals surface area contributed by atoms with Gasteiger partial charge in [0.25, 0.3) is 17.3 Å². The van der Waals surface area contributed by atoms with Crippen molar-refractivity contribution in [3.8, 4) is 0 Å². The van der Waals surface area contributed by atoms with Gasteiger partial charge < -0.3 is 5.32 Å². The van der Waals surface area contributed by atoms with Crippen LogP contribution < -0.4 is 5.32 Å². The molecule has 3 aromatic carbocycles. The molecule has 1 N–H and O–H groups in total. The van der Waals surface area contributed by atoms with Gasteiger partial charge in [-0.25, -0.2) is 0 Å². The van der Waals surface area contributed by atoms with Crippen LogP contribution in [0.3, 0.4) is 0 Å². The first-order chi connectivity index (χ1) is 14.7. The van der Waals surface area contributed by atoms with Crippen molar-refractivity contribution in [1.29, 1.82) is 0 Å². The summed E-state index contributed by atoms with van der Waals surface area (Å²) in [5.41, 5.74) is -1.33. The van der Waals surface area contributed by atoms with Crippen LogP contribution in [0.4, 0.5) is 17.1 Å². The molecule has 0 unspecified atom stereocenters. The summed E-state index contributed by atoms with van der Waals surface area (Å²) < 4.78 is 0. The van der Waals surface area contributed by atoms with E-state index in [-0.39, 0.29) is 32.4 Å². The molecule has 0 aliphatic carbocycles. The summed E-state index contributed by atoms with van der Waals surface area (Å²) in [6, 6.07) is 13.0. The average Bonchev–Trinajstić information content (AvgIpc) is 2.74. The fraction of sp³-hybridized carbons (Fsp3) is 0. The number of rotatable bonds is 6. The molecule has 0 bridgehead atoms. The molecule has 9 nitrogen and oxygen atoms in total. The first-order valence-corrected chi connectivity index (χ1v) is 9.27. The van der Waals surface area contributed by atoms with Gasteiger partial charge in [-0.15, -0.1) is 0 Å². The monoisotopic (exact) mass is 459 g/mol. The smallest absolute Gasteiger partial charge is 0.277 e.